The average molecular weight is 390 g/mol. The number of para-hydroxylation sites is 1. The van der Waals surface area contributed by atoms with Crippen LogP contribution in [0.5, 0.6) is 0 Å². The minimum absolute atomic E-state index is 0.0630. The molecule has 2 fully saturated rings. The molecule has 0 radical (unpaired) electrons. The lowest BCUT2D eigenvalue weighted by Gasteiger charge is -2.31. The summed E-state index contributed by atoms with van der Waals surface area (Å²) in [6.45, 7) is 2.11. The van der Waals surface area contributed by atoms with E-state index in [0.29, 0.717) is 18.2 Å². The summed E-state index contributed by atoms with van der Waals surface area (Å²) in [6.07, 6.45) is 9.03. The minimum atomic E-state index is -0.329. The fraction of sp³-hybridized carbons (Fsp3) is 0.435. The van der Waals surface area contributed by atoms with Gasteiger partial charge in [-0.1, -0.05) is 31.0 Å². The number of carbonyl (C=O) groups excluding carboxylic acids is 1. The van der Waals surface area contributed by atoms with Crippen molar-refractivity contribution in [1.82, 2.24) is 15.2 Å². The zero-order valence-electron chi connectivity index (χ0n) is 16.6. The number of aliphatic imine (C=N–C) groups is 1. The number of anilines is 1. The number of nitrogens with zero attached hydrogens (tertiary/aromatic N) is 3. The molecule has 29 heavy (non-hydrogen) atoms. The van der Waals surface area contributed by atoms with Crippen LogP contribution in [-0.4, -0.2) is 46.3 Å². The smallest absolute Gasteiger partial charge is 0.254 e. The molecule has 1 aliphatic carbocycles. The Morgan fingerprint density at radius 1 is 1.14 bits per heavy atom. The van der Waals surface area contributed by atoms with Crippen LogP contribution in [0, 0.1) is 0 Å². The van der Waals surface area contributed by atoms with Crippen molar-refractivity contribution in [3.05, 3.63) is 59.9 Å². The maximum Gasteiger partial charge on any atom is 0.254 e. The first-order valence-corrected chi connectivity index (χ1v) is 10.6. The Labute approximate surface area is 171 Å². The summed E-state index contributed by atoms with van der Waals surface area (Å²) in [4.78, 5) is 24.2. The van der Waals surface area contributed by atoms with Gasteiger partial charge in [0.15, 0.2) is 0 Å². The maximum absolute atomic E-state index is 13.0. The molecular weight excluding hydrogens is 362 g/mol. The number of hydrogen-bond donors (Lipinski definition) is 2. The average Bonchev–Trinajstić information content (AvgIpc) is 3.40. The molecule has 1 aromatic heterocycles. The van der Waals surface area contributed by atoms with Crippen LogP contribution in [0.1, 0.15) is 48.0 Å². The van der Waals surface area contributed by atoms with E-state index < -0.39 is 0 Å². The summed E-state index contributed by atoms with van der Waals surface area (Å²) in [7, 11) is 0. The van der Waals surface area contributed by atoms with Crippen molar-refractivity contribution in [3.63, 3.8) is 0 Å². The second-order valence-electron chi connectivity index (χ2n) is 8.35. The Hall–Kier alpha value is -2.73. The lowest BCUT2D eigenvalue weighted by Crippen LogP contribution is -2.55. The minimum Gasteiger partial charge on any atom is -0.342 e. The molecule has 1 unspecified atom stereocenters. The predicted molar refractivity (Wildman–Crippen MR) is 114 cm³/mol. The molecule has 2 N–H and O–H groups in total. The molecule has 5 rings (SSSR count). The molecule has 6 heteroatoms. The zero-order valence-corrected chi connectivity index (χ0v) is 16.6. The predicted octanol–water partition coefficient (Wildman–Crippen LogP) is 3.22. The van der Waals surface area contributed by atoms with Crippen molar-refractivity contribution in [2.45, 2.75) is 50.2 Å². The van der Waals surface area contributed by atoms with E-state index >= 15 is 0 Å². The first kappa shape index (κ1) is 18.3. The van der Waals surface area contributed by atoms with Gasteiger partial charge in [-0.2, -0.15) is 0 Å². The second kappa shape index (κ2) is 7.59. The third kappa shape index (κ3) is 3.53. The van der Waals surface area contributed by atoms with Crippen LogP contribution in [0.2, 0.25) is 0 Å². The van der Waals surface area contributed by atoms with E-state index in [-0.39, 0.29) is 11.4 Å². The maximum atomic E-state index is 13.0. The molecule has 3 aliphatic rings. The Kier molecular flexibility index (Phi) is 4.79. The number of pyridine rings is 1. The number of amidine groups is 1. The molecule has 6 nitrogen and oxygen atoms in total. The van der Waals surface area contributed by atoms with Crippen LogP contribution in [0.3, 0.4) is 0 Å². The van der Waals surface area contributed by atoms with Gasteiger partial charge >= 0.3 is 0 Å². The third-order valence-electron chi connectivity index (χ3n) is 6.46. The van der Waals surface area contributed by atoms with Crippen LogP contribution in [0.25, 0.3) is 0 Å². The van der Waals surface area contributed by atoms with E-state index in [1.165, 1.54) is 18.4 Å². The van der Waals surface area contributed by atoms with E-state index in [0.717, 1.165) is 43.9 Å². The van der Waals surface area contributed by atoms with Crippen LogP contribution in [-0.2, 0) is 6.54 Å². The second-order valence-corrected chi connectivity index (χ2v) is 8.35. The summed E-state index contributed by atoms with van der Waals surface area (Å²) < 4.78 is 0. The quantitative estimate of drug-likeness (QED) is 0.827. The third-order valence-corrected chi connectivity index (χ3v) is 6.46. The number of rotatable bonds is 2. The van der Waals surface area contributed by atoms with E-state index in [9.17, 15) is 4.79 Å². The van der Waals surface area contributed by atoms with Gasteiger partial charge in [0.25, 0.3) is 5.91 Å². The van der Waals surface area contributed by atoms with Gasteiger partial charge in [0.1, 0.15) is 5.84 Å². The number of aromatic nitrogens is 1. The van der Waals surface area contributed by atoms with Gasteiger partial charge < -0.3 is 10.2 Å². The number of benzene rings is 1. The number of carbonyl (C=O) groups is 1. The van der Waals surface area contributed by atoms with E-state index in [2.05, 4.69) is 39.9 Å². The first-order valence-electron chi connectivity index (χ1n) is 10.6. The van der Waals surface area contributed by atoms with Crippen molar-refractivity contribution in [2.75, 3.05) is 18.4 Å². The molecule has 1 aromatic carbocycles. The lowest BCUT2D eigenvalue weighted by molar-refractivity contribution is 0.0785. The number of amides is 1. The SMILES string of the molecule is O=C(c1ccncc1)N1CCC2(C1)NCc1ccccc1NC2=NC1CCCC1. The van der Waals surface area contributed by atoms with Crippen molar-refractivity contribution in [2.24, 2.45) is 4.99 Å². The number of nitrogens with one attached hydrogen (secondary N) is 2. The van der Waals surface area contributed by atoms with Crippen LogP contribution in [0.4, 0.5) is 5.69 Å². The highest BCUT2D eigenvalue weighted by Crippen LogP contribution is 2.32. The normalized spacial score (nSPS) is 25.8. The molecule has 2 aliphatic heterocycles. The van der Waals surface area contributed by atoms with Crippen LogP contribution < -0.4 is 10.6 Å². The summed E-state index contributed by atoms with van der Waals surface area (Å²) >= 11 is 0. The lowest BCUT2D eigenvalue weighted by atomic mass is 9.96. The Morgan fingerprint density at radius 3 is 2.76 bits per heavy atom. The van der Waals surface area contributed by atoms with Gasteiger partial charge in [0.05, 0.1) is 11.6 Å². The number of fused-ring (bicyclic) bond motifs is 1. The molecule has 0 bridgehead atoms. The summed E-state index contributed by atoms with van der Waals surface area (Å²) in [5.41, 5.74) is 2.72. The Balaban J connectivity index is 1.46. The van der Waals surface area contributed by atoms with E-state index in [1.54, 1.807) is 24.5 Å². The molecule has 1 atom stereocenters. The van der Waals surface area contributed by atoms with Gasteiger partial charge in [0.2, 0.25) is 0 Å². The first-order chi connectivity index (χ1) is 14.2. The van der Waals surface area contributed by atoms with Gasteiger partial charge in [0, 0.05) is 43.3 Å². The van der Waals surface area contributed by atoms with Crippen LogP contribution in [0.15, 0.2) is 53.8 Å². The highest BCUT2D eigenvalue weighted by Gasteiger charge is 2.45. The molecule has 1 amide bonds. The summed E-state index contributed by atoms with van der Waals surface area (Å²) in [5.74, 6) is 1.06. The largest absolute Gasteiger partial charge is 0.342 e. The van der Waals surface area contributed by atoms with Crippen LogP contribution >= 0.6 is 0 Å². The van der Waals surface area contributed by atoms with Crippen molar-refractivity contribution < 1.29 is 4.79 Å². The standard InChI is InChI=1S/C23H27N5O/c29-21(17-9-12-24-13-10-17)28-14-11-23(16-28)22(26-19-6-2-3-7-19)27-20-8-4-1-5-18(20)15-25-23/h1,4-5,8-10,12-13,19,25H,2-3,6-7,11,14-16H2,(H,26,27). The molecule has 3 heterocycles. The van der Waals surface area contributed by atoms with Gasteiger partial charge in [-0.25, -0.2) is 0 Å². The van der Waals surface area contributed by atoms with Crippen molar-refractivity contribution >= 4 is 17.4 Å². The van der Waals surface area contributed by atoms with Gasteiger partial charge in [-0.05, 0) is 43.0 Å². The molecule has 2 aromatic rings. The number of hydrogen-bond acceptors (Lipinski definition) is 4. The Bertz CT molecular complexity index is 922. The molecule has 150 valence electrons. The highest BCUT2D eigenvalue weighted by molar-refractivity contribution is 6.05. The molecule has 1 spiro atoms. The van der Waals surface area contributed by atoms with Gasteiger partial charge in [-0.3, -0.25) is 20.1 Å². The van der Waals surface area contributed by atoms with E-state index in [4.69, 9.17) is 4.99 Å². The highest BCUT2D eigenvalue weighted by atomic mass is 16.2. The Morgan fingerprint density at radius 2 is 1.93 bits per heavy atom. The molecule has 1 saturated carbocycles. The van der Waals surface area contributed by atoms with Crippen molar-refractivity contribution in [1.29, 1.82) is 0 Å². The summed E-state index contributed by atoms with van der Waals surface area (Å²) in [5, 5.41) is 7.43. The summed E-state index contributed by atoms with van der Waals surface area (Å²) in [6, 6.07) is 12.4. The van der Waals surface area contributed by atoms with E-state index in [1.807, 2.05) is 4.90 Å². The fourth-order valence-electron chi connectivity index (χ4n) is 4.76. The van der Waals surface area contributed by atoms with Gasteiger partial charge in [-0.15, -0.1) is 0 Å². The monoisotopic (exact) mass is 389 g/mol. The van der Waals surface area contributed by atoms with Crippen molar-refractivity contribution in [3.8, 4) is 0 Å². The zero-order chi connectivity index (χ0) is 19.7. The molecule has 1 saturated heterocycles. The number of likely N-dealkylation sites (tertiary alicyclic amines) is 1. The topological polar surface area (TPSA) is 69.6 Å². The fourth-order valence-corrected chi connectivity index (χ4v) is 4.76. The molecular formula is C23H27N5O.